The number of aryl methyl sites for hydroxylation is 1. The zero-order valence-electron chi connectivity index (χ0n) is 18.2. The molecule has 0 bridgehead atoms. The third-order valence-corrected chi connectivity index (χ3v) is 6.53. The second kappa shape index (κ2) is 9.40. The van der Waals surface area contributed by atoms with Crippen LogP contribution in [0.3, 0.4) is 0 Å². The Bertz CT molecular complexity index is 1450. The lowest BCUT2D eigenvalue weighted by atomic mass is 10.2. The number of rotatable bonds is 6. The summed E-state index contributed by atoms with van der Waals surface area (Å²) < 4.78 is 12.2. The molecule has 1 N–H and O–H groups in total. The van der Waals surface area contributed by atoms with Gasteiger partial charge < -0.3 is 14.8 Å². The van der Waals surface area contributed by atoms with E-state index in [4.69, 9.17) is 21.1 Å². The highest BCUT2D eigenvalue weighted by molar-refractivity contribution is 7.99. The molecule has 0 fully saturated rings. The minimum atomic E-state index is -0.214. The summed E-state index contributed by atoms with van der Waals surface area (Å²) in [6.45, 7) is 2.53. The van der Waals surface area contributed by atoms with Crippen molar-refractivity contribution in [3.05, 3.63) is 87.2 Å². The lowest BCUT2D eigenvalue weighted by Gasteiger charge is -2.14. The van der Waals surface area contributed by atoms with Gasteiger partial charge in [0.05, 0.1) is 22.3 Å². The third-order valence-electron chi connectivity index (χ3n) is 5.35. The number of fused-ring (bicyclic) bond motifs is 2. The van der Waals surface area contributed by atoms with E-state index in [-0.39, 0.29) is 24.0 Å². The van der Waals surface area contributed by atoms with Crippen LogP contribution < -0.4 is 20.3 Å². The number of nitrogens with one attached hydrogen (secondary N) is 1. The first-order valence-corrected chi connectivity index (χ1v) is 11.9. The summed E-state index contributed by atoms with van der Waals surface area (Å²) in [7, 11) is 0. The number of ether oxygens (including phenoxy) is 2. The average molecular weight is 494 g/mol. The predicted molar refractivity (Wildman–Crippen MR) is 132 cm³/mol. The SMILES string of the molecule is Cc1ccc(-n2c(SCC(=O)NCc3ccc4c(c3)OCO4)nc3cc(Cl)ccc3c2=O)cc1. The summed E-state index contributed by atoms with van der Waals surface area (Å²) in [6, 6.07) is 18.1. The van der Waals surface area contributed by atoms with Crippen molar-refractivity contribution in [3.8, 4) is 17.2 Å². The van der Waals surface area contributed by atoms with Gasteiger partial charge in [0, 0.05) is 11.6 Å². The van der Waals surface area contributed by atoms with Crippen LogP contribution in [0.1, 0.15) is 11.1 Å². The monoisotopic (exact) mass is 493 g/mol. The van der Waals surface area contributed by atoms with Gasteiger partial charge in [-0.05, 0) is 55.0 Å². The van der Waals surface area contributed by atoms with Gasteiger partial charge in [-0.25, -0.2) is 4.98 Å². The molecule has 9 heteroatoms. The fourth-order valence-electron chi connectivity index (χ4n) is 3.59. The Morgan fingerprint density at radius 2 is 1.88 bits per heavy atom. The highest BCUT2D eigenvalue weighted by Crippen LogP contribution is 2.32. The smallest absolute Gasteiger partial charge is 0.266 e. The van der Waals surface area contributed by atoms with Crippen LogP contribution in [0.4, 0.5) is 0 Å². The van der Waals surface area contributed by atoms with E-state index >= 15 is 0 Å². The summed E-state index contributed by atoms with van der Waals surface area (Å²) in [5, 5.41) is 4.26. The van der Waals surface area contributed by atoms with Crippen molar-refractivity contribution in [2.75, 3.05) is 12.5 Å². The van der Waals surface area contributed by atoms with Crippen molar-refractivity contribution >= 4 is 40.2 Å². The molecule has 1 aromatic heterocycles. The van der Waals surface area contributed by atoms with Crippen molar-refractivity contribution in [1.82, 2.24) is 14.9 Å². The summed E-state index contributed by atoms with van der Waals surface area (Å²) in [4.78, 5) is 30.6. The Morgan fingerprint density at radius 3 is 2.71 bits per heavy atom. The molecule has 0 spiro atoms. The summed E-state index contributed by atoms with van der Waals surface area (Å²) >= 11 is 7.32. The average Bonchev–Trinajstić information content (AvgIpc) is 3.30. The maximum atomic E-state index is 13.3. The molecule has 4 aromatic rings. The number of halogens is 1. The Morgan fingerprint density at radius 1 is 1.09 bits per heavy atom. The molecule has 7 nitrogen and oxygen atoms in total. The number of amides is 1. The summed E-state index contributed by atoms with van der Waals surface area (Å²) in [6.07, 6.45) is 0. The number of thioether (sulfide) groups is 1. The lowest BCUT2D eigenvalue weighted by molar-refractivity contribution is -0.118. The van der Waals surface area contributed by atoms with Crippen LogP contribution in [0.15, 0.2) is 70.6 Å². The minimum absolute atomic E-state index is 0.0922. The Hall–Kier alpha value is -3.49. The first-order valence-electron chi connectivity index (χ1n) is 10.6. The molecule has 5 rings (SSSR count). The molecule has 0 unspecified atom stereocenters. The van der Waals surface area contributed by atoms with E-state index in [2.05, 4.69) is 10.3 Å². The molecule has 1 aliphatic heterocycles. The number of carbonyl (C=O) groups excluding carboxylic acids is 1. The van der Waals surface area contributed by atoms with Crippen LogP contribution in [-0.4, -0.2) is 28.0 Å². The normalized spacial score (nSPS) is 12.2. The molecule has 0 aliphatic carbocycles. The van der Waals surface area contributed by atoms with Crippen molar-refractivity contribution in [1.29, 1.82) is 0 Å². The van der Waals surface area contributed by atoms with Crippen LogP contribution in [0.5, 0.6) is 11.5 Å². The highest BCUT2D eigenvalue weighted by Gasteiger charge is 2.16. The molecule has 2 heterocycles. The zero-order chi connectivity index (χ0) is 23.7. The largest absolute Gasteiger partial charge is 0.454 e. The standard InChI is InChI=1S/C25H20ClN3O4S/c1-15-2-6-18(7-3-15)29-24(31)19-8-5-17(26)11-20(19)28-25(29)34-13-23(30)27-12-16-4-9-21-22(10-16)33-14-32-21/h2-11H,12-14H2,1H3,(H,27,30). The van der Waals surface area contributed by atoms with Crippen molar-refractivity contribution in [2.24, 2.45) is 0 Å². The molecule has 3 aromatic carbocycles. The van der Waals surface area contributed by atoms with Gasteiger partial charge in [-0.3, -0.25) is 14.2 Å². The van der Waals surface area contributed by atoms with E-state index in [0.29, 0.717) is 44.8 Å². The molecular weight excluding hydrogens is 474 g/mol. The molecule has 0 saturated heterocycles. The number of hydrogen-bond acceptors (Lipinski definition) is 6. The van der Waals surface area contributed by atoms with Gasteiger partial charge in [0.2, 0.25) is 12.7 Å². The molecule has 1 amide bonds. The fraction of sp³-hybridized carbons (Fsp3) is 0.160. The number of aromatic nitrogens is 2. The molecule has 0 atom stereocenters. The molecule has 34 heavy (non-hydrogen) atoms. The van der Waals surface area contributed by atoms with Crippen molar-refractivity contribution < 1.29 is 14.3 Å². The fourth-order valence-corrected chi connectivity index (χ4v) is 4.60. The van der Waals surface area contributed by atoms with E-state index < -0.39 is 0 Å². The van der Waals surface area contributed by atoms with E-state index in [9.17, 15) is 9.59 Å². The lowest BCUT2D eigenvalue weighted by Crippen LogP contribution is -2.26. The first-order chi connectivity index (χ1) is 16.5. The molecule has 0 radical (unpaired) electrons. The highest BCUT2D eigenvalue weighted by atomic mass is 35.5. The van der Waals surface area contributed by atoms with Gasteiger partial charge in [0.15, 0.2) is 16.7 Å². The second-order valence-corrected chi connectivity index (χ2v) is 9.16. The maximum Gasteiger partial charge on any atom is 0.266 e. The summed E-state index contributed by atoms with van der Waals surface area (Å²) in [5.74, 6) is 1.28. The number of nitrogens with zero attached hydrogens (tertiary/aromatic N) is 2. The Balaban J connectivity index is 1.37. The van der Waals surface area contributed by atoms with Gasteiger partial charge in [-0.1, -0.05) is 47.1 Å². The minimum Gasteiger partial charge on any atom is -0.454 e. The quantitative estimate of drug-likeness (QED) is 0.315. The number of carbonyl (C=O) groups is 1. The number of hydrogen-bond donors (Lipinski definition) is 1. The van der Waals surface area contributed by atoms with Crippen LogP contribution in [-0.2, 0) is 11.3 Å². The third kappa shape index (κ3) is 4.60. The van der Waals surface area contributed by atoms with Crippen LogP contribution >= 0.6 is 23.4 Å². The van der Waals surface area contributed by atoms with E-state index in [1.807, 2.05) is 49.4 Å². The van der Waals surface area contributed by atoms with E-state index in [1.54, 1.807) is 18.2 Å². The van der Waals surface area contributed by atoms with Gasteiger partial charge in [0.1, 0.15) is 0 Å². The number of benzene rings is 3. The van der Waals surface area contributed by atoms with Crippen molar-refractivity contribution in [2.45, 2.75) is 18.6 Å². The molecular formula is C25H20ClN3O4S. The molecule has 1 aliphatic rings. The van der Waals surface area contributed by atoms with Gasteiger partial charge in [-0.15, -0.1) is 0 Å². The van der Waals surface area contributed by atoms with Crippen LogP contribution in [0.25, 0.3) is 16.6 Å². The predicted octanol–water partition coefficient (Wildman–Crippen LogP) is 4.48. The first kappa shape index (κ1) is 22.3. The summed E-state index contributed by atoms with van der Waals surface area (Å²) in [5.41, 5.74) is 2.94. The molecule has 0 saturated carbocycles. The molecule has 172 valence electrons. The van der Waals surface area contributed by atoms with Crippen molar-refractivity contribution in [3.63, 3.8) is 0 Å². The second-order valence-electron chi connectivity index (χ2n) is 7.78. The van der Waals surface area contributed by atoms with Crippen LogP contribution in [0, 0.1) is 6.92 Å². The van der Waals surface area contributed by atoms with E-state index in [1.165, 1.54) is 16.3 Å². The van der Waals surface area contributed by atoms with E-state index in [0.717, 1.165) is 11.1 Å². The maximum absolute atomic E-state index is 13.3. The topological polar surface area (TPSA) is 82.5 Å². The zero-order valence-corrected chi connectivity index (χ0v) is 19.8. The van der Waals surface area contributed by atoms with Crippen LogP contribution in [0.2, 0.25) is 5.02 Å². The Labute approximate surface area is 204 Å². The Kier molecular flexibility index (Phi) is 6.17. The van der Waals surface area contributed by atoms with Gasteiger partial charge >= 0.3 is 0 Å². The van der Waals surface area contributed by atoms with Gasteiger partial charge in [0.25, 0.3) is 5.56 Å². The van der Waals surface area contributed by atoms with Gasteiger partial charge in [-0.2, -0.15) is 0 Å².